The second kappa shape index (κ2) is 7.47. The molecule has 1 heterocycles. The normalized spacial score (nSPS) is 16.8. The third-order valence-electron chi connectivity index (χ3n) is 3.26. The molecule has 0 radical (unpaired) electrons. The van der Waals surface area contributed by atoms with E-state index in [1.165, 1.54) is 0 Å². The summed E-state index contributed by atoms with van der Waals surface area (Å²) in [5, 5.41) is 3.57. The number of carbonyl (C=O) groups excluding carboxylic acids is 1. The van der Waals surface area contributed by atoms with Crippen molar-refractivity contribution in [3.05, 3.63) is 34.9 Å². The first-order valence-corrected chi connectivity index (χ1v) is 6.97. The number of nitrogens with zero attached hydrogens (tertiary/aromatic N) is 1. The second-order valence-corrected chi connectivity index (χ2v) is 5.00. The van der Waals surface area contributed by atoms with Gasteiger partial charge in [0.15, 0.2) is 0 Å². The molecule has 1 fully saturated rings. The van der Waals surface area contributed by atoms with Crippen molar-refractivity contribution in [2.45, 2.75) is 6.10 Å². The van der Waals surface area contributed by atoms with Crippen molar-refractivity contribution < 1.29 is 14.3 Å². The lowest BCUT2D eigenvalue weighted by Crippen LogP contribution is -2.47. The van der Waals surface area contributed by atoms with E-state index < -0.39 is 0 Å². The van der Waals surface area contributed by atoms with Gasteiger partial charge in [0.05, 0.1) is 19.3 Å². The fourth-order valence-electron chi connectivity index (χ4n) is 2.07. The molecule has 1 aliphatic heterocycles. The van der Waals surface area contributed by atoms with Gasteiger partial charge in [0.25, 0.3) is 0 Å². The van der Waals surface area contributed by atoms with Crippen molar-refractivity contribution in [1.82, 2.24) is 10.2 Å². The van der Waals surface area contributed by atoms with Gasteiger partial charge in [-0.1, -0.05) is 23.7 Å². The molecule has 1 aliphatic rings. The van der Waals surface area contributed by atoms with E-state index in [9.17, 15) is 4.79 Å². The quantitative estimate of drug-likeness (QED) is 0.926. The van der Waals surface area contributed by atoms with E-state index in [4.69, 9.17) is 21.1 Å². The van der Waals surface area contributed by atoms with Gasteiger partial charge in [-0.05, 0) is 17.7 Å². The number of amides is 2. The van der Waals surface area contributed by atoms with Gasteiger partial charge >= 0.3 is 6.03 Å². The topological polar surface area (TPSA) is 50.8 Å². The van der Waals surface area contributed by atoms with Crippen LogP contribution < -0.4 is 5.32 Å². The largest absolute Gasteiger partial charge is 0.378 e. The van der Waals surface area contributed by atoms with Gasteiger partial charge in [0.2, 0.25) is 0 Å². The van der Waals surface area contributed by atoms with E-state index >= 15 is 0 Å². The van der Waals surface area contributed by atoms with E-state index in [1.807, 2.05) is 24.3 Å². The minimum Gasteiger partial charge on any atom is -0.378 e. The maximum Gasteiger partial charge on any atom is 0.317 e. The van der Waals surface area contributed by atoms with Crippen LogP contribution in [0.1, 0.15) is 11.7 Å². The van der Waals surface area contributed by atoms with Gasteiger partial charge in [-0.3, -0.25) is 0 Å². The maximum atomic E-state index is 12.0. The number of rotatable bonds is 4. The Balaban J connectivity index is 1.86. The zero-order chi connectivity index (χ0) is 14.4. The first-order valence-electron chi connectivity index (χ1n) is 6.59. The fourth-order valence-corrected chi connectivity index (χ4v) is 2.20. The lowest BCUT2D eigenvalue weighted by molar-refractivity contribution is 0.0508. The van der Waals surface area contributed by atoms with Gasteiger partial charge < -0.3 is 19.7 Å². The maximum absolute atomic E-state index is 12.0. The molecular weight excluding hydrogens is 280 g/mol. The van der Waals surface area contributed by atoms with Crippen molar-refractivity contribution >= 4 is 17.6 Å². The van der Waals surface area contributed by atoms with Gasteiger partial charge in [0.1, 0.15) is 0 Å². The first-order chi connectivity index (χ1) is 9.70. The van der Waals surface area contributed by atoms with Crippen molar-refractivity contribution in [3.63, 3.8) is 0 Å². The summed E-state index contributed by atoms with van der Waals surface area (Å²) in [5.41, 5.74) is 0.985. The Kier molecular flexibility index (Phi) is 5.64. The zero-order valence-electron chi connectivity index (χ0n) is 11.5. The lowest BCUT2D eigenvalue weighted by atomic mass is 10.1. The number of hydrogen-bond donors (Lipinski definition) is 1. The summed E-state index contributed by atoms with van der Waals surface area (Å²) in [5.74, 6) is 0. The SMILES string of the molecule is CO[C@@H](CNC(=O)N1CCOCC1)c1ccc(Cl)cc1. The van der Waals surface area contributed by atoms with Crippen LogP contribution in [0.15, 0.2) is 24.3 Å². The molecule has 0 aliphatic carbocycles. The Morgan fingerprint density at radius 3 is 2.65 bits per heavy atom. The molecular formula is C14H19ClN2O3. The number of morpholine rings is 1. The minimum absolute atomic E-state index is 0.0793. The molecule has 2 amide bonds. The molecule has 1 atom stereocenters. The molecule has 1 aromatic rings. The van der Waals surface area contributed by atoms with Crippen LogP contribution in [-0.2, 0) is 9.47 Å². The summed E-state index contributed by atoms with van der Waals surface area (Å²) in [6, 6.07) is 7.35. The monoisotopic (exact) mass is 298 g/mol. The number of carbonyl (C=O) groups is 1. The highest BCUT2D eigenvalue weighted by molar-refractivity contribution is 6.30. The number of methoxy groups -OCH3 is 1. The van der Waals surface area contributed by atoms with Crippen molar-refractivity contribution in [2.24, 2.45) is 0 Å². The highest BCUT2D eigenvalue weighted by atomic mass is 35.5. The van der Waals surface area contributed by atoms with Crippen LogP contribution in [0.4, 0.5) is 4.79 Å². The molecule has 1 aromatic carbocycles. The van der Waals surface area contributed by atoms with Gasteiger partial charge in [0, 0.05) is 31.8 Å². The highest BCUT2D eigenvalue weighted by Crippen LogP contribution is 2.18. The van der Waals surface area contributed by atoms with E-state index in [0.29, 0.717) is 37.9 Å². The number of benzene rings is 1. The van der Waals surface area contributed by atoms with Crippen molar-refractivity contribution in [2.75, 3.05) is 40.0 Å². The molecule has 5 nitrogen and oxygen atoms in total. The average molecular weight is 299 g/mol. The summed E-state index contributed by atoms with van der Waals surface area (Å²) in [4.78, 5) is 13.7. The number of hydrogen-bond acceptors (Lipinski definition) is 3. The first kappa shape index (κ1) is 15.1. The van der Waals surface area contributed by atoms with E-state index in [2.05, 4.69) is 5.32 Å². The van der Waals surface area contributed by atoms with E-state index in [0.717, 1.165) is 5.56 Å². The van der Waals surface area contributed by atoms with Crippen LogP contribution in [0.3, 0.4) is 0 Å². The number of ether oxygens (including phenoxy) is 2. The summed E-state index contributed by atoms with van der Waals surface area (Å²) in [7, 11) is 1.63. The molecule has 1 saturated heterocycles. The van der Waals surface area contributed by atoms with Crippen LogP contribution in [-0.4, -0.2) is 50.9 Å². The van der Waals surface area contributed by atoms with E-state index in [-0.39, 0.29) is 12.1 Å². The molecule has 0 aromatic heterocycles. The van der Waals surface area contributed by atoms with E-state index in [1.54, 1.807) is 12.0 Å². The Labute approximate surface area is 123 Å². The molecule has 0 saturated carbocycles. The minimum atomic E-state index is -0.183. The third-order valence-corrected chi connectivity index (χ3v) is 3.52. The Morgan fingerprint density at radius 1 is 1.40 bits per heavy atom. The van der Waals surface area contributed by atoms with Gasteiger partial charge in [-0.15, -0.1) is 0 Å². The molecule has 110 valence electrons. The summed E-state index contributed by atoms with van der Waals surface area (Å²) in [6.07, 6.45) is -0.183. The predicted molar refractivity (Wildman–Crippen MR) is 77.0 cm³/mol. The Bertz CT molecular complexity index is 433. The second-order valence-electron chi connectivity index (χ2n) is 4.56. The molecule has 0 unspecified atom stereocenters. The van der Waals surface area contributed by atoms with Crippen LogP contribution >= 0.6 is 11.6 Å². The lowest BCUT2D eigenvalue weighted by Gasteiger charge is -2.27. The van der Waals surface area contributed by atoms with Crippen LogP contribution in [0.2, 0.25) is 5.02 Å². The fraction of sp³-hybridized carbons (Fsp3) is 0.500. The summed E-state index contributed by atoms with van der Waals surface area (Å²) >= 11 is 5.86. The third kappa shape index (κ3) is 4.10. The number of nitrogens with one attached hydrogen (secondary N) is 1. The van der Waals surface area contributed by atoms with Gasteiger partial charge in [-0.2, -0.15) is 0 Å². The van der Waals surface area contributed by atoms with Gasteiger partial charge in [-0.25, -0.2) is 4.79 Å². The zero-order valence-corrected chi connectivity index (χ0v) is 12.2. The smallest absolute Gasteiger partial charge is 0.317 e. The molecule has 1 N–H and O–H groups in total. The van der Waals surface area contributed by atoms with Crippen LogP contribution in [0.5, 0.6) is 0 Å². The summed E-state index contributed by atoms with van der Waals surface area (Å²) in [6.45, 7) is 2.87. The average Bonchev–Trinajstić information content (AvgIpc) is 2.50. The van der Waals surface area contributed by atoms with Crippen LogP contribution in [0.25, 0.3) is 0 Å². The number of urea groups is 1. The Hall–Kier alpha value is -1.30. The van der Waals surface area contributed by atoms with Crippen molar-refractivity contribution in [1.29, 1.82) is 0 Å². The predicted octanol–water partition coefficient (Wildman–Crippen LogP) is 2.07. The highest BCUT2D eigenvalue weighted by Gasteiger charge is 2.18. The Morgan fingerprint density at radius 2 is 2.05 bits per heavy atom. The van der Waals surface area contributed by atoms with Crippen LogP contribution in [0, 0.1) is 0 Å². The molecule has 2 rings (SSSR count). The standard InChI is InChI=1S/C14H19ClN2O3/c1-19-13(11-2-4-12(15)5-3-11)10-16-14(18)17-6-8-20-9-7-17/h2-5,13H,6-10H2,1H3,(H,16,18)/t13-/m0/s1. The number of halogens is 1. The van der Waals surface area contributed by atoms with Crippen molar-refractivity contribution in [3.8, 4) is 0 Å². The molecule has 20 heavy (non-hydrogen) atoms. The molecule has 0 spiro atoms. The summed E-state index contributed by atoms with van der Waals surface area (Å²) < 4.78 is 10.6. The molecule has 0 bridgehead atoms. The molecule has 6 heteroatoms.